The van der Waals surface area contributed by atoms with E-state index in [1.54, 1.807) is 6.92 Å². The lowest BCUT2D eigenvalue weighted by Gasteiger charge is -2.33. The van der Waals surface area contributed by atoms with Gasteiger partial charge in [0.2, 0.25) is 5.91 Å². The molecule has 0 radical (unpaired) electrons. The van der Waals surface area contributed by atoms with Gasteiger partial charge in [-0.3, -0.25) is 4.79 Å². The second-order valence-corrected chi connectivity index (χ2v) is 6.28. The topological polar surface area (TPSA) is 40.5 Å². The number of rotatable bonds is 9. The molecule has 0 aromatic heterocycles. The van der Waals surface area contributed by atoms with E-state index in [0.717, 1.165) is 38.6 Å². The lowest BCUT2D eigenvalue weighted by molar-refractivity contribution is -0.131. The molecule has 1 saturated carbocycles. The van der Waals surface area contributed by atoms with Crippen molar-refractivity contribution in [2.24, 2.45) is 0 Å². The molecule has 0 aromatic rings. The van der Waals surface area contributed by atoms with Gasteiger partial charge in [0.1, 0.15) is 0 Å². The zero-order valence-electron chi connectivity index (χ0n) is 13.9. The third-order valence-corrected chi connectivity index (χ3v) is 4.42. The number of aliphatic hydroxyl groups is 1. The Morgan fingerprint density at radius 3 is 2.62 bits per heavy atom. The van der Waals surface area contributed by atoms with Crippen molar-refractivity contribution in [1.29, 1.82) is 0 Å². The Morgan fingerprint density at radius 1 is 1.29 bits per heavy atom. The smallest absolute Gasteiger partial charge is 0.219 e. The molecule has 0 saturated heterocycles. The van der Waals surface area contributed by atoms with Crippen LogP contribution in [0.15, 0.2) is 12.2 Å². The predicted octanol–water partition coefficient (Wildman–Crippen LogP) is 4.06. The quantitative estimate of drug-likeness (QED) is 0.515. The molecule has 3 heteroatoms. The average Bonchev–Trinajstić information content (AvgIpc) is 2.48. The molecule has 0 heterocycles. The normalized spacial score (nSPS) is 18.0. The summed E-state index contributed by atoms with van der Waals surface area (Å²) in [6.07, 6.45) is 14.9. The molecule has 1 unspecified atom stereocenters. The van der Waals surface area contributed by atoms with Crippen molar-refractivity contribution >= 4 is 5.91 Å². The van der Waals surface area contributed by atoms with E-state index in [1.807, 2.05) is 17.1 Å². The Balaban J connectivity index is 2.28. The van der Waals surface area contributed by atoms with Crippen molar-refractivity contribution < 1.29 is 9.90 Å². The minimum absolute atomic E-state index is 0.193. The number of amides is 1. The van der Waals surface area contributed by atoms with Crippen LogP contribution in [0.3, 0.4) is 0 Å². The minimum atomic E-state index is -0.322. The Morgan fingerprint density at radius 2 is 2.00 bits per heavy atom. The van der Waals surface area contributed by atoms with Crippen LogP contribution >= 0.6 is 0 Å². The molecule has 0 aliphatic heterocycles. The van der Waals surface area contributed by atoms with Gasteiger partial charge in [-0.05, 0) is 25.7 Å². The Kier molecular flexibility index (Phi) is 9.40. The second-order valence-electron chi connectivity index (χ2n) is 6.28. The Bertz CT molecular complexity index is 308. The molecule has 0 spiro atoms. The van der Waals surface area contributed by atoms with Gasteiger partial charge in [0.15, 0.2) is 0 Å². The molecule has 1 fully saturated rings. The fraction of sp³-hybridized carbons (Fsp3) is 0.833. The number of carbonyl (C=O) groups excluding carboxylic acids is 1. The molecule has 3 nitrogen and oxygen atoms in total. The summed E-state index contributed by atoms with van der Waals surface area (Å²) in [4.78, 5) is 13.8. The summed E-state index contributed by atoms with van der Waals surface area (Å²) >= 11 is 0. The summed E-state index contributed by atoms with van der Waals surface area (Å²) < 4.78 is 0. The van der Waals surface area contributed by atoms with Gasteiger partial charge in [-0.1, -0.05) is 57.6 Å². The first-order valence-electron chi connectivity index (χ1n) is 8.77. The number of nitrogens with zero attached hydrogens (tertiary/aromatic N) is 1. The molecule has 0 aromatic carbocycles. The first kappa shape index (κ1) is 18.2. The highest BCUT2D eigenvalue weighted by molar-refractivity contribution is 5.73. The van der Waals surface area contributed by atoms with E-state index in [1.165, 1.54) is 32.1 Å². The van der Waals surface area contributed by atoms with Crippen LogP contribution < -0.4 is 0 Å². The van der Waals surface area contributed by atoms with Gasteiger partial charge >= 0.3 is 0 Å². The zero-order chi connectivity index (χ0) is 15.5. The van der Waals surface area contributed by atoms with Crippen LogP contribution in [0, 0.1) is 0 Å². The molecular weight excluding hydrogens is 262 g/mol. The third-order valence-electron chi connectivity index (χ3n) is 4.42. The number of unbranched alkanes of at least 4 members (excludes halogenated alkanes) is 2. The van der Waals surface area contributed by atoms with Gasteiger partial charge in [0.25, 0.3) is 0 Å². The first-order valence-corrected chi connectivity index (χ1v) is 8.77. The third kappa shape index (κ3) is 7.66. The molecule has 1 rings (SSSR count). The van der Waals surface area contributed by atoms with E-state index >= 15 is 0 Å². The highest BCUT2D eigenvalue weighted by atomic mass is 16.3. The van der Waals surface area contributed by atoms with Gasteiger partial charge in [-0.15, -0.1) is 0 Å². The van der Waals surface area contributed by atoms with Crippen molar-refractivity contribution in [2.75, 3.05) is 6.54 Å². The van der Waals surface area contributed by atoms with Gasteiger partial charge < -0.3 is 10.0 Å². The van der Waals surface area contributed by atoms with Gasteiger partial charge in [-0.25, -0.2) is 0 Å². The highest BCUT2D eigenvalue weighted by Crippen LogP contribution is 2.22. The molecule has 1 aliphatic carbocycles. The van der Waals surface area contributed by atoms with E-state index in [9.17, 15) is 9.90 Å². The SMILES string of the molecule is CCCCCC(O)/C=C\CCN(C(C)=O)C1CCCCC1. The maximum absolute atomic E-state index is 11.8. The summed E-state index contributed by atoms with van der Waals surface area (Å²) in [7, 11) is 0. The minimum Gasteiger partial charge on any atom is -0.389 e. The summed E-state index contributed by atoms with van der Waals surface area (Å²) in [6.45, 7) is 4.64. The van der Waals surface area contributed by atoms with E-state index < -0.39 is 0 Å². The van der Waals surface area contributed by atoms with Crippen molar-refractivity contribution in [3.63, 3.8) is 0 Å². The van der Waals surface area contributed by atoms with Crippen LogP contribution in [0.2, 0.25) is 0 Å². The summed E-state index contributed by atoms with van der Waals surface area (Å²) in [5.74, 6) is 0.193. The van der Waals surface area contributed by atoms with Crippen LogP contribution in [0.5, 0.6) is 0 Å². The van der Waals surface area contributed by atoms with Crippen molar-refractivity contribution in [1.82, 2.24) is 4.90 Å². The molecule has 1 amide bonds. The van der Waals surface area contributed by atoms with Crippen LogP contribution in [0.25, 0.3) is 0 Å². The Hall–Kier alpha value is -0.830. The van der Waals surface area contributed by atoms with Crippen molar-refractivity contribution in [3.05, 3.63) is 12.2 Å². The molecule has 1 N–H and O–H groups in total. The van der Waals surface area contributed by atoms with Crippen LogP contribution in [0.1, 0.15) is 78.1 Å². The molecule has 122 valence electrons. The molecule has 1 aliphatic rings. The van der Waals surface area contributed by atoms with Crippen LogP contribution in [-0.4, -0.2) is 34.6 Å². The number of hydrogen-bond acceptors (Lipinski definition) is 2. The maximum atomic E-state index is 11.8. The zero-order valence-corrected chi connectivity index (χ0v) is 13.9. The molecular formula is C18H33NO2. The standard InChI is InChI=1S/C18H33NO2/c1-3-4-6-13-18(21)14-9-10-15-19(16(2)20)17-11-7-5-8-12-17/h9,14,17-18,21H,3-8,10-13,15H2,1-2H3/b14-9-. The lowest BCUT2D eigenvalue weighted by Crippen LogP contribution is -2.40. The number of carbonyl (C=O) groups is 1. The van der Waals surface area contributed by atoms with E-state index in [4.69, 9.17) is 0 Å². The number of hydrogen-bond donors (Lipinski definition) is 1. The first-order chi connectivity index (χ1) is 10.1. The molecule has 1 atom stereocenters. The van der Waals surface area contributed by atoms with E-state index in [-0.39, 0.29) is 12.0 Å². The second kappa shape index (κ2) is 10.8. The van der Waals surface area contributed by atoms with E-state index in [0.29, 0.717) is 6.04 Å². The highest BCUT2D eigenvalue weighted by Gasteiger charge is 2.22. The van der Waals surface area contributed by atoms with Crippen LogP contribution in [0.4, 0.5) is 0 Å². The van der Waals surface area contributed by atoms with Gasteiger partial charge in [0, 0.05) is 19.5 Å². The molecule has 21 heavy (non-hydrogen) atoms. The van der Waals surface area contributed by atoms with E-state index in [2.05, 4.69) is 6.92 Å². The fourth-order valence-electron chi connectivity index (χ4n) is 3.16. The summed E-state index contributed by atoms with van der Waals surface area (Å²) in [6, 6.07) is 0.444. The summed E-state index contributed by atoms with van der Waals surface area (Å²) in [5, 5.41) is 9.83. The summed E-state index contributed by atoms with van der Waals surface area (Å²) in [5.41, 5.74) is 0. The van der Waals surface area contributed by atoms with Crippen molar-refractivity contribution in [3.8, 4) is 0 Å². The monoisotopic (exact) mass is 295 g/mol. The maximum Gasteiger partial charge on any atom is 0.219 e. The largest absolute Gasteiger partial charge is 0.389 e. The Labute approximate surface area is 130 Å². The van der Waals surface area contributed by atoms with Gasteiger partial charge in [-0.2, -0.15) is 0 Å². The van der Waals surface area contributed by atoms with Crippen LogP contribution in [-0.2, 0) is 4.79 Å². The average molecular weight is 295 g/mol. The fourth-order valence-corrected chi connectivity index (χ4v) is 3.16. The van der Waals surface area contributed by atoms with Gasteiger partial charge in [0.05, 0.1) is 6.10 Å². The number of aliphatic hydroxyl groups excluding tert-OH is 1. The molecule has 0 bridgehead atoms. The van der Waals surface area contributed by atoms with Crippen molar-refractivity contribution in [2.45, 2.75) is 90.2 Å². The lowest BCUT2D eigenvalue weighted by atomic mass is 9.94. The predicted molar refractivity (Wildman–Crippen MR) is 88.2 cm³/mol.